The Balaban J connectivity index is 1.31. The molecule has 0 aliphatic carbocycles. The third kappa shape index (κ3) is 6.38. The van der Waals surface area contributed by atoms with E-state index in [2.05, 4.69) is 21.2 Å². The fourth-order valence-corrected chi connectivity index (χ4v) is 4.61. The highest BCUT2D eigenvalue weighted by Crippen LogP contribution is 2.28. The van der Waals surface area contributed by atoms with Crippen molar-refractivity contribution in [2.45, 2.75) is 20.5 Å². The number of rotatable bonds is 8. The first-order valence-electron chi connectivity index (χ1n) is 12.8. The number of hydrogen-bond acceptors (Lipinski definition) is 5. The highest BCUT2D eigenvalue weighted by atomic mass is 79.9. The Morgan fingerprint density at radius 1 is 0.850 bits per heavy atom. The Kier molecular flexibility index (Phi) is 8.22. The van der Waals surface area contributed by atoms with Gasteiger partial charge >= 0.3 is 5.97 Å². The lowest BCUT2D eigenvalue weighted by atomic mass is 10.0. The van der Waals surface area contributed by atoms with E-state index in [1.165, 1.54) is 0 Å². The first-order chi connectivity index (χ1) is 19.4. The second kappa shape index (κ2) is 12.1. The standard InChI is InChI=1S/C33H27BrN2O4/c1-21-16-25(17-22(2)32(21)34)35-31(37)20-40-33(38)28-18-30(36-29-11-7-6-10-27(28)29)24-12-14-26(15-13-24)39-19-23-8-4-3-5-9-23/h3-18H,19-20H2,1-2H3,(H,35,37). The molecule has 1 N–H and O–H groups in total. The van der Waals surface area contributed by atoms with Gasteiger partial charge in [0.2, 0.25) is 0 Å². The number of aryl methyl sites for hydroxylation is 2. The lowest BCUT2D eigenvalue weighted by molar-refractivity contribution is -0.119. The van der Waals surface area contributed by atoms with Crippen molar-refractivity contribution in [1.29, 1.82) is 0 Å². The van der Waals surface area contributed by atoms with Crippen LogP contribution < -0.4 is 10.1 Å². The summed E-state index contributed by atoms with van der Waals surface area (Å²) >= 11 is 3.52. The first-order valence-corrected chi connectivity index (χ1v) is 13.6. The molecule has 0 aliphatic rings. The molecule has 6 nitrogen and oxygen atoms in total. The van der Waals surface area contributed by atoms with E-state index in [-0.39, 0.29) is 0 Å². The molecule has 5 aromatic rings. The van der Waals surface area contributed by atoms with Gasteiger partial charge in [0, 0.05) is 21.1 Å². The number of pyridine rings is 1. The predicted octanol–water partition coefficient (Wildman–Crippen LogP) is 7.66. The molecule has 0 aliphatic heterocycles. The average Bonchev–Trinajstić information content (AvgIpc) is 2.98. The van der Waals surface area contributed by atoms with Crippen molar-refractivity contribution in [3.63, 3.8) is 0 Å². The van der Waals surface area contributed by atoms with Crippen LogP contribution in [0, 0.1) is 13.8 Å². The van der Waals surface area contributed by atoms with E-state index in [0.717, 1.165) is 32.5 Å². The Bertz CT molecular complexity index is 1660. The van der Waals surface area contributed by atoms with E-state index in [1.54, 1.807) is 6.07 Å². The number of anilines is 1. The number of ether oxygens (including phenoxy) is 2. The number of carbonyl (C=O) groups excluding carboxylic acids is 2. The second-order valence-corrected chi connectivity index (χ2v) is 10.2. The Morgan fingerprint density at radius 3 is 2.25 bits per heavy atom. The van der Waals surface area contributed by atoms with Crippen molar-refractivity contribution < 1.29 is 19.1 Å². The van der Waals surface area contributed by atoms with Crippen molar-refractivity contribution in [3.8, 4) is 17.0 Å². The summed E-state index contributed by atoms with van der Waals surface area (Å²) in [6.45, 7) is 3.96. The van der Waals surface area contributed by atoms with E-state index in [0.29, 0.717) is 34.5 Å². The minimum absolute atomic E-state index is 0.341. The van der Waals surface area contributed by atoms with Crippen LogP contribution in [-0.2, 0) is 16.1 Å². The number of hydrogen-bond donors (Lipinski definition) is 1. The molecule has 40 heavy (non-hydrogen) atoms. The molecular weight excluding hydrogens is 568 g/mol. The Morgan fingerprint density at radius 2 is 1.52 bits per heavy atom. The fraction of sp³-hybridized carbons (Fsp3) is 0.121. The van der Waals surface area contributed by atoms with Gasteiger partial charge in [-0.1, -0.05) is 64.5 Å². The smallest absolute Gasteiger partial charge is 0.339 e. The number of aromatic nitrogens is 1. The summed E-state index contributed by atoms with van der Waals surface area (Å²) in [4.78, 5) is 30.5. The molecule has 0 unspecified atom stereocenters. The maximum absolute atomic E-state index is 13.2. The third-order valence-electron chi connectivity index (χ3n) is 6.39. The van der Waals surface area contributed by atoms with E-state index >= 15 is 0 Å². The summed E-state index contributed by atoms with van der Waals surface area (Å²) in [5, 5.41) is 3.45. The van der Waals surface area contributed by atoms with Crippen LogP contribution in [0.2, 0.25) is 0 Å². The molecule has 1 amide bonds. The zero-order valence-corrected chi connectivity index (χ0v) is 23.7. The number of esters is 1. The summed E-state index contributed by atoms with van der Waals surface area (Å²) in [5.41, 5.74) is 6.16. The molecule has 0 bridgehead atoms. The van der Waals surface area contributed by atoms with Gasteiger partial charge in [0.1, 0.15) is 12.4 Å². The molecule has 5 rings (SSSR count). The van der Waals surface area contributed by atoms with Gasteiger partial charge in [0.25, 0.3) is 5.91 Å². The van der Waals surface area contributed by atoms with Crippen LogP contribution in [-0.4, -0.2) is 23.5 Å². The van der Waals surface area contributed by atoms with Gasteiger partial charge in [-0.05, 0) is 79.1 Å². The molecule has 0 saturated heterocycles. The van der Waals surface area contributed by atoms with Crippen LogP contribution in [0.4, 0.5) is 5.69 Å². The minimum atomic E-state index is -0.596. The van der Waals surface area contributed by atoms with Crippen LogP contribution in [0.15, 0.2) is 102 Å². The number of nitrogens with zero attached hydrogens (tertiary/aromatic N) is 1. The molecule has 0 radical (unpaired) electrons. The van der Waals surface area contributed by atoms with Gasteiger partial charge in [-0.2, -0.15) is 0 Å². The van der Waals surface area contributed by atoms with E-state index in [9.17, 15) is 9.59 Å². The zero-order valence-electron chi connectivity index (χ0n) is 22.1. The van der Waals surface area contributed by atoms with Gasteiger partial charge < -0.3 is 14.8 Å². The molecule has 0 atom stereocenters. The van der Waals surface area contributed by atoms with Crippen molar-refractivity contribution in [2.75, 3.05) is 11.9 Å². The molecule has 1 aromatic heterocycles. The molecule has 1 heterocycles. The molecule has 4 aromatic carbocycles. The number of para-hydroxylation sites is 1. The normalized spacial score (nSPS) is 10.8. The second-order valence-electron chi connectivity index (χ2n) is 9.42. The maximum atomic E-state index is 13.2. The van der Waals surface area contributed by atoms with Gasteiger partial charge in [-0.3, -0.25) is 4.79 Å². The number of carbonyl (C=O) groups is 2. The summed E-state index contributed by atoms with van der Waals surface area (Å²) in [7, 11) is 0. The third-order valence-corrected chi connectivity index (χ3v) is 7.64. The molecule has 0 saturated carbocycles. The molecule has 0 spiro atoms. The number of benzene rings is 4. The lowest BCUT2D eigenvalue weighted by Gasteiger charge is -2.12. The number of fused-ring (bicyclic) bond motifs is 1. The van der Waals surface area contributed by atoms with Crippen molar-refractivity contribution in [2.24, 2.45) is 0 Å². The van der Waals surface area contributed by atoms with Gasteiger partial charge in [0.15, 0.2) is 6.61 Å². The maximum Gasteiger partial charge on any atom is 0.339 e. The molecule has 200 valence electrons. The average molecular weight is 595 g/mol. The number of amides is 1. The van der Waals surface area contributed by atoms with E-state index in [1.807, 2.05) is 105 Å². The summed E-state index contributed by atoms with van der Waals surface area (Å²) in [6.07, 6.45) is 0. The Labute approximate surface area is 241 Å². The van der Waals surface area contributed by atoms with Gasteiger partial charge in [-0.15, -0.1) is 0 Å². The Hall–Kier alpha value is -4.49. The fourth-order valence-electron chi connectivity index (χ4n) is 4.38. The highest BCUT2D eigenvalue weighted by Gasteiger charge is 2.17. The summed E-state index contributed by atoms with van der Waals surface area (Å²) < 4.78 is 12.3. The largest absolute Gasteiger partial charge is 0.489 e. The van der Waals surface area contributed by atoms with Crippen molar-refractivity contribution >= 4 is 44.4 Å². The van der Waals surface area contributed by atoms with Crippen LogP contribution in [0.25, 0.3) is 22.2 Å². The molecular formula is C33H27BrN2O4. The topological polar surface area (TPSA) is 77.5 Å². The monoisotopic (exact) mass is 594 g/mol. The SMILES string of the molecule is Cc1cc(NC(=O)COC(=O)c2cc(-c3ccc(OCc4ccccc4)cc3)nc3ccccc23)cc(C)c1Br. The van der Waals surface area contributed by atoms with Crippen molar-refractivity contribution in [3.05, 3.63) is 124 Å². The first kappa shape index (κ1) is 27.1. The highest BCUT2D eigenvalue weighted by molar-refractivity contribution is 9.10. The number of nitrogens with one attached hydrogen (secondary N) is 1. The quantitative estimate of drug-likeness (QED) is 0.187. The number of halogens is 1. The summed E-state index contributed by atoms with van der Waals surface area (Å²) in [5.74, 6) is -0.282. The van der Waals surface area contributed by atoms with Gasteiger partial charge in [0.05, 0.1) is 16.8 Å². The van der Waals surface area contributed by atoms with Crippen LogP contribution in [0.3, 0.4) is 0 Å². The van der Waals surface area contributed by atoms with E-state index in [4.69, 9.17) is 14.5 Å². The minimum Gasteiger partial charge on any atom is -0.489 e. The van der Waals surface area contributed by atoms with Crippen LogP contribution in [0.5, 0.6) is 5.75 Å². The molecule has 0 fully saturated rings. The predicted molar refractivity (Wildman–Crippen MR) is 160 cm³/mol. The molecule has 7 heteroatoms. The van der Waals surface area contributed by atoms with Crippen LogP contribution >= 0.6 is 15.9 Å². The lowest BCUT2D eigenvalue weighted by Crippen LogP contribution is -2.21. The zero-order chi connectivity index (χ0) is 28.1. The van der Waals surface area contributed by atoms with Crippen molar-refractivity contribution in [1.82, 2.24) is 4.98 Å². The van der Waals surface area contributed by atoms with E-state index < -0.39 is 18.5 Å². The summed E-state index contributed by atoms with van der Waals surface area (Å²) in [6, 6.07) is 30.3. The van der Waals surface area contributed by atoms with Gasteiger partial charge in [-0.25, -0.2) is 9.78 Å². The van der Waals surface area contributed by atoms with Crippen LogP contribution in [0.1, 0.15) is 27.0 Å².